The molecule has 162 valence electrons. The molecule has 2 N–H and O–H groups in total. The van der Waals surface area contributed by atoms with Crippen LogP contribution < -0.4 is 10.6 Å². The first-order valence-electron chi connectivity index (χ1n) is 10.1. The van der Waals surface area contributed by atoms with Crippen molar-refractivity contribution >= 4 is 34.0 Å². The summed E-state index contributed by atoms with van der Waals surface area (Å²) in [5.41, 5.74) is 6.02. The molecule has 0 aliphatic carbocycles. The summed E-state index contributed by atoms with van der Waals surface area (Å²) >= 11 is 1.37. The predicted molar refractivity (Wildman–Crippen MR) is 127 cm³/mol. The Morgan fingerprint density at radius 1 is 1.03 bits per heavy atom. The van der Waals surface area contributed by atoms with Crippen LogP contribution in [0, 0.1) is 13.8 Å². The number of carbonyl (C=O) groups excluding carboxylic acids is 2. The summed E-state index contributed by atoms with van der Waals surface area (Å²) in [6.45, 7) is 6.06. The summed E-state index contributed by atoms with van der Waals surface area (Å²) in [5.74, 6) is -0.322. The SMILES string of the molecule is CC(=O)Nc1ccc(-c2csc(NC(=O)c3cccc(Cn4nc(C)cc4C)c3)n2)cc1. The molecule has 7 nitrogen and oxygen atoms in total. The molecule has 2 aromatic heterocycles. The van der Waals surface area contributed by atoms with E-state index in [1.54, 1.807) is 6.07 Å². The Labute approximate surface area is 190 Å². The van der Waals surface area contributed by atoms with Gasteiger partial charge in [0.15, 0.2) is 5.13 Å². The van der Waals surface area contributed by atoms with E-state index in [1.165, 1.54) is 18.3 Å². The maximum atomic E-state index is 12.8. The first-order chi connectivity index (χ1) is 15.4. The number of amides is 2. The van der Waals surface area contributed by atoms with E-state index in [1.807, 2.05) is 72.4 Å². The van der Waals surface area contributed by atoms with Crippen molar-refractivity contribution < 1.29 is 9.59 Å². The van der Waals surface area contributed by atoms with E-state index < -0.39 is 0 Å². The summed E-state index contributed by atoms with van der Waals surface area (Å²) in [5, 5.41) is 12.5. The summed E-state index contributed by atoms with van der Waals surface area (Å²) in [6.07, 6.45) is 0. The highest BCUT2D eigenvalue weighted by molar-refractivity contribution is 7.14. The van der Waals surface area contributed by atoms with E-state index in [9.17, 15) is 9.59 Å². The number of hydrogen-bond acceptors (Lipinski definition) is 5. The molecular formula is C24H23N5O2S. The van der Waals surface area contributed by atoms with Gasteiger partial charge in [0.25, 0.3) is 5.91 Å². The fourth-order valence-corrected chi connectivity index (χ4v) is 4.09. The minimum Gasteiger partial charge on any atom is -0.326 e. The molecule has 0 radical (unpaired) electrons. The normalized spacial score (nSPS) is 10.7. The van der Waals surface area contributed by atoms with Gasteiger partial charge in [0.05, 0.1) is 17.9 Å². The molecular weight excluding hydrogens is 422 g/mol. The van der Waals surface area contributed by atoms with Crippen molar-refractivity contribution in [2.45, 2.75) is 27.3 Å². The molecule has 0 spiro atoms. The van der Waals surface area contributed by atoms with Crippen LogP contribution in [-0.2, 0) is 11.3 Å². The van der Waals surface area contributed by atoms with Crippen molar-refractivity contribution in [1.82, 2.24) is 14.8 Å². The first kappa shape index (κ1) is 21.5. The van der Waals surface area contributed by atoms with Gasteiger partial charge in [-0.25, -0.2) is 4.98 Å². The van der Waals surface area contributed by atoms with E-state index in [2.05, 4.69) is 20.7 Å². The number of rotatable bonds is 6. The Balaban J connectivity index is 1.44. The van der Waals surface area contributed by atoms with Crippen molar-refractivity contribution in [2.75, 3.05) is 10.6 Å². The zero-order valence-electron chi connectivity index (χ0n) is 18.0. The van der Waals surface area contributed by atoms with Gasteiger partial charge < -0.3 is 5.32 Å². The monoisotopic (exact) mass is 445 g/mol. The number of hydrogen-bond donors (Lipinski definition) is 2. The smallest absolute Gasteiger partial charge is 0.257 e. The maximum absolute atomic E-state index is 12.8. The summed E-state index contributed by atoms with van der Waals surface area (Å²) in [7, 11) is 0. The van der Waals surface area contributed by atoms with E-state index >= 15 is 0 Å². The highest BCUT2D eigenvalue weighted by Gasteiger charge is 2.12. The van der Waals surface area contributed by atoms with Crippen molar-refractivity contribution in [3.05, 3.63) is 82.5 Å². The van der Waals surface area contributed by atoms with Crippen LogP contribution in [0.1, 0.15) is 34.2 Å². The Bertz CT molecular complexity index is 1270. The van der Waals surface area contributed by atoms with Gasteiger partial charge >= 0.3 is 0 Å². The van der Waals surface area contributed by atoms with E-state index in [-0.39, 0.29) is 11.8 Å². The van der Waals surface area contributed by atoms with Gasteiger partial charge in [-0.2, -0.15) is 5.10 Å². The van der Waals surface area contributed by atoms with Crippen LogP contribution in [0.2, 0.25) is 0 Å². The summed E-state index contributed by atoms with van der Waals surface area (Å²) in [6, 6.07) is 17.0. The molecule has 4 aromatic rings. The topological polar surface area (TPSA) is 88.9 Å². The van der Waals surface area contributed by atoms with Crippen LogP contribution in [0.4, 0.5) is 10.8 Å². The average Bonchev–Trinajstić information content (AvgIpc) is 3.34. The molecule has 4 rings (SSSR count). The van der Waals surface area contributed by atoms with Crippen molar-refractivity contribution in [2.24, 2.45) is 0 Å². The molecule has 32 heavy (non-hydrogen) atoms. The van der Waals surface area contributed by atoms with Crippen LogP contribution in [-0.4, -0.2) is 26.6 Å². The third-order valence-corrected chi connectivity index (χ3v) is 5.61. The van der Waals surface area contributed by atoms with E-state index in [0.717, 1.165) is 33.9 Å². The Morgan fingerprint density at radius 2 is 1.81 bits per heavy atom. The minimum absolute atomic E-state index is 0.115. The number of thiazole rings is 1. The number of anilines is 2. The summed E-state index contributed by atoms with van der Waals surface area (Å²) in [4.78, 5) is 28.5. The molecule has 0 saturated heterocycles. The molecule has 0 bridgehead atoms. The number of benzene rings is 2. The number of nitrogens with zero attached hydrogens (tertiary/aromatic N) is 3. The number of nitrogens with one attached hydrogen (secondary N) is 2. The van der Waals surface area contributed by atoms with Gasteiger partial charge in [-0.3, -0.25) is 19.6 Å². The molecule has 0 aliphatic heterocycles. The molecule has 0 atom stereocenters. The molecule has 2 amide bonds. The largest absolute Gasteiger partial charge is 0.326 e. The highest BCUT2D eigenvalue weighted by atomic mass is 32.1. The summed E-state index contributed by atoms with van der Waals surface area (Å²) < 4.78 is 1.93. The van der Waals surface area contributed by atoms with Crippen LogP contribution in [0.5, 0.6) is 0 Å². The lowest BCUT2D eigenvalue weighted by Crippen LogP contribution is -2.12. The fourth-order valence-electron chi connectivity index (χ4n) is 3.38. The predicted octanol–water partition coefficient (Wildman–Crippen LogP) is 4.88. The second kappa shape index (κ2) is 9.15. The highest BCUT2D eigenvalue weighted by Crippen LogP contribution is 2.26. The molecule has 2 aromatic carbocycles. The zero-order chi connectivity index (χ0) is 22.7. The number of aryl methyl sites for hydroxylation is 2. The van der Waals surface area contributed by atoms with E-state index in [0.29, 0.717) is 17.2 Å². The molecule has 0 fully saturated rings. The van der Waals surface area contributed by atoms with Crippen molar-refractivity contribution in [1.29, 1.82) is 0 Å². The van der Waals surface area contributed by atoms with Gasteiger partial charge in [-0.05, 0) is 49.7 Å². The third kappa shape index (κ3) is 5.09. The van der Waals surface area contributed by atoms with E-state index in [4.69, 9.17) is 0 Å². The lowest BCUT2D eigenvalue weighted by molar-refractivity contribution is -0.114. The quantitative estimate of drug-likeness (QED) is 0.443. The molecule has 2 heterocycles. The van der Waals surface area contributed by atoms with Crippen LogP contribution >= 0.6 is 11.3 Å². The second-order valence-corrected chi connectivity index (χ2v) is 8.39. The van der Waals surface area contributed by atoms with Crippen LogP contribution in [0.25, 0.3) is 11.3 Å². The van der Waals surface area contributed by atoms with Gasteiger partial charge in [0, 0.05) is 34.8 Å². The number of carbonyl (C=O) groups is 2. The average molecular weight is 446 g/mol. The van der Waals surface area contributed by atoms with Gasteiger partial charge in [-0.15, -0.1) is 11.3 Å². The first-order valence-corrected chi connectivity index (χ1v) is 11.0. The molecule has 0 aliphatic rings. The Morgan fingerprint density at radius 3 is 2.50 bits per heavy atom. The van der Waals surface area contributed by atoms with Crippen molar-refractivity contribution in [3.63, 3.8) is 0 Å². The molecule has 0 saturated carbocycles. The van der Waals surface area contributed by atoms with Gasteiger partial charge in [-0.1, -0.05) is 24.3 Å². The Hall–Kier alpha value is -3.78. The lowest BCUT2D eigenvalue weighted by Gasteiger charge is -2.07. The minimum atomic E-state index is -0.206. The zero-order valence-corrected chi connectivity index (χ0v) is 18.9. The van der Waals surface area contributed by atoms with Crippen molar-refractivity contribution in [3.8, 4) is 11.3 Å². The maximum Gasteiger partial charge on any atom is 0.257 e. The fraction of sp³-hybridized carbons (Fsp3) is 0.167. The molecule has 8 heteroatoms. The second-order valence-electron chi connectivity index (χ2n) is 7.54. The van der Waals surface area contributed by atoms with Gasteiger partial charge in [0.2, 0.25) is 5.91 Å². The van der Waals surface area contributed by atoms with Gasteiger partial charge in [0.1, 0.15) is 0 Å². The number of aromatic nitrogens is 3. The molecule has 0 unspecified atom stereocenters. The lowest BCUT2D eigenvalue weighted by atomic mass is 10.1. The third-order valence-electron chi connectivity index (χ3n) is 4.85. The van der Waals surface area contributed by atoms with Crippen LogP contribution in [0.15, 0.2) is 60.0 Å². The standard InChI is InChI=1S/C24H23N5O2S/c1-15-11-16(2)29(28-15)13-18-5-4-6-20(12-18)23(31)27-24-26-22(14-32-24)19-7-9-21(10-8-19)25-17(3)30/h4-12,14H,13H2,1-3H3,(H,25,30)(H,26,27,31). The Kier molecular flexibility index (Phi) is 6.13. The van der Waals surface area contributed by atoms with Crippen LogP contribution in [0.3, 0.4) is 0 Å².